The molecule has 0 bridgehead atoms. The SMILES string of the molecule is CCOc1ccccc1OC1CC(N)C12CCCC2. The van der Waals surface area contributed by atoms with Crippen molar-refractivity contribution in [3.63, 3.8) is 0 Å². The predicted octanol–water partition coefficient (Wildman–Crippen LogP) is 3.12. The molecule has 0 radical (unpaired) electrons. The van der Waals surface area contributed by atoms with Crippen LogP contribution >= 0.6 is 0 Å². The summed E-state index contributed by atoms with van der Waals surface area (Å²) in [4.78, 5) is 0. The fourth-order valence-corrected chi connectivity index (χ4v) is 3.65. The molecule has 3 heteroatoms. The molecule has 2 aliphatic rings. The first-order chi connectivity index (χ1) is 9.26. The van der Waals surface area contributed by atoms with Crippen molar-refractivity contribution in [2.75, 3.05) is 6.61 Å². The molecule has 2 N–H and O–H groups in total. The summed E-state index contributed by atoms with van der Waals surface area (Å²) in [6.45, 7) is 2.66. The van der Waals surface area contributed by atoms with Crippen molar-refractivity contribution in [2.24, 2.45) is 11.1 Å². The van der Waals surface area contributed by atoms with Crippen molar-refractivity contribution in [1.29, 1.82) is 0 Å². The quantitative estimate of drug-likeness (QED) is 0.905. The molecule has 0 aliphatic heterocycles. The van der Waals surface area contributed by atoms with Gasteiger partial charge in [0.15, 0.2) is 11.5 Å². The van der Waals surface area contributed by atoms with E-state index < -0.39 is 0 Å². The second kappa shape index (κ2) is 5.04. The highest BCUT2D eigenvalue weighted by atomic mass is 16.5. The van der Waals surface area contributed by atoms with E-state index in [2.05, 4.69) is 0 Å². The van der Waals surface area contributed by atoms with Gasteiger partial charge in [0.25, 0.3) is 0 Å². The zero-order chi connectivity index (χ0) is 13.3. The van der Waals surface area contributed by atoms with E-state index in [1.165, 1.54) is 25.7 Å². The van der Waals surface area contributed by atoms with Crippen molar-refractivity contribution >= 4 is 0 Å². The smallest absolute Gasteiger partial charge is 0.161 e. The van der Waals surface area contributed by atoms with E-state index in [0.717, 1.165) is 17.9 Å². The van der Waals surface area contributed by atoms with Crippen LogP contribution < -0.4 is 15.2 Å². The lowest BCUT2D eigenvalue weighted by Gasteiger charge is -2.52. The van der Waals surface area contributed by atoms with E-state index in [9.17, 15) is 0 Å². The molecule has 0 aromatic heterocycles. The summed E-state index contributed by atoms with van der Waals surface area (Å²) in [6, 6.07) is 8.27. The Morgan fingerprint density at radius 1 is 1.21 bits per heavy atom. The normalized spacial score (nSPS) is 28.1. The Labute approximate surface area is 115 Å². The third-order valence-electron chi connectivity index (χ3n) is 4.80. The topological polar surface area (TPSA) is 44.5 Å². The number of hydrogen-bond donors (Lipinski definition) is 1. The van der Waals surface area contributed by atoms with E-state index in [0.29, 0.717) is 12.6 Å². The molecular weight excluding hydrogens is 238 g/mol. The molecule has 3 rings (SSSR count). The van der Waals surface area contributed by atoms with Crippen LogP contribution in [0.5, 0.6) is 11.5 Å². The lowest BCUT2D eigenvalue weighted by atomic mass is 9.61. The van der Waals surface area contributed by atoms with Gasteiger partial charge in [0.05, 0.1) is 6.61 Å². The zero-order valence-corrected chi connectivity index (χ0v) is 11.6. The number of benzene rings is 1. The Morgan fingerprint density at radius 2 is 1.89 bits per heavy atom. The lowest BCUT2D eigenvalue weighted by molar-refractivity contribution is -0.0630. The van der Waals surface area contributed by atoms with Crippen molar-refractivity contribution in [1.82, 2.24) is 0 Å². The van der Waals surface area contributed by atoms with Crippen LogP contribution in [0.3, 0.4) is 0 Å². The highest BCUT2D eigenvalue weighted by Crippen LogP contribution is 2.54. The Morgan fingerprint density at radius 3 is 2.53 bits per heavy atom. The van der Waals surface area contributed by atoms with Gasteiger partial charge in [-0.15, -0.1) is 0 Å². The molecule has 2 saturated carbocycles. The fraction of sp³-hybridized carbons (Fsp3) is 0.625. The van der Waals surface area contributed by atoms with Gasteiger partial charge in [-0.2, -0.15) is 0 Å². The number of ether oxygens (including phenoxy) is 2. The van der Waals surface area contributed by atoms with Crippen molar-refractivity contribution in [2.45, 2.75) is 51.2 Å². The molecule has 1 aromatic carbocycles. The maximum absolute atomic E-state index is 6.25. The van der Waals surface area contributed by atoms with Gasteiger partial charge >= 0.3 is 0 Å². The molecule has 3 nitrogen and oxygen atoms in total. The van der Waals surface area contributed by atoms with E-state index >= 15 is 0 Å². The minimum atomic E-state index is 0.235. The van der Waals surface area contributed by atoms with Crippen LogP contribution in [0.15, 0.2) is 24.3 Å². The Hall–Kier alpha value is -1.22. The van der Waals surface area contributed by atoms with E-state index in [-0.39, 0.29) is 11.5 Å². The van der Waals surface area contributed by atoms with Crippen molar-refractivity contribution < 1.29 is 9.47 Å². The second-order valence-electron chi connectivity index (χ2n) is 5.77. The Kier molecular flexibility index (Phi) is 3.40. The summed E-state index contributed by atoms with van der Waals surface area (Å²) in [5.74, 6) is 1.71. The second-order valence-corrected chi connectivity index (χ2v) is 5.77. The predicted molar refractivity (Wildman–Crippen MR) is 75.5 cm³/mol. The first-order valence-corrected chi connectivity index (χ1v) is 7.40. The van der Waals surface area contributed by atoms with Crippen LogP contribution in [0.4, 0.5) is 0 Å². The third-order valence-corrected chi connectivity index (χ3v) is 4.80. The molecule has 19 heavy (non-hydrogen) atoms. The Bertz CT molecular complexity index is 440. The molecule has 0 saturated heterocycles. The lowest BCUT2D eigenvalue weighted by Crippen LogP contribution is -2.62. The molecule has 2 fully saturated rings. The highest BCUT2D eigenvalue weighted by molar-refractivity contribution is 5.40. The Balaban J connectivity index is 1.75. The van der Waals surface area contributed by atoms with Gasteiger partial charge in [-0.05, 0) is 31.9 Å². The van der Waals surface area contributed by atoms with E-state index in [1.54, 1.807) is 0 Å². The van der Waals surface area contributed by atoms with Gasteiger partial charge in [0.2, 0.25) is 0 Å². The summed E-state index contributed by atoms with van der Waals surface area (Å²) in [7, 11) is 0. The van der Waals surface area contributed by atoms with Gasteiger partial charge in [0, 0.05) is 17.9 Å². The number of nitrogens with two attached hydrogens (primary N) is 1. The van der Waals surface area contributed by atoms with Crippen LogP contribution in [-0.4, -0.2) is 18.8 Å². The van der Waals surface area contributed by atoms with Gasteiger partial charge in [-0.25, -0.2) is 0 Å². The minimum absolute atomic E-state index is 0.235. The van der Waals surface area contributed by atoms with Crippen molar-refractivity contribution in [3.05, 3.63) is 24.3 Å². The summed E-state index contributed by atoms with van der Waals surface area (Å²) >= 11 is 0. The third kappa shape index (κ3) is 2.10. The van der Waals surface area contributed by atoms with Gasteiger partial charge in [-0.1, -0.05) is 25.0 Å². The first kappa shape index (κ1) is 12.8. The molecular formula is C16H23NO2. The van der Waals surface area contributed by atoms with E-state index in [1.807, 2.05) is 31.2 Å². The van der Waals surface area contributed by atoms with Crippen LogP contribution in [-0.2, 0) is 0 Å². The molecule has 1 spiro atoms. The van der Waals surface area contributed by atoms with Crippen LogP contribution in [0.1, 0.15) is 39.0 Å². The molecule has 0 heterocycles. The van der Waals surface area contributed by atoms with Crippen molar-refractivity contribution in [3.8, 4) is 11.5 Å². The summed E-state index contributed by atoms with van der Waals surface area (Å²) in [6.07, 6.45) is 6.26. The number of para-hydroxylation sites is 2. The summed E-state index contributed by atoms with van der Waals surface area (Å²) in [5, 5.41) is 0. The molecule has 1 aromatic rings. The first-order valence-electron chi connectivity index (χ1n) is 7.40. The average molecular weight is 261 g/mol. The summed E-state index contributed by atoms with van der Waals surface area (Å²) in [5.41, 5.74) is 6.48. The van der Waals surface area contributed by atoms with Crippen LogP contribution in [0.25, 0.3) is 0 Å². The molecule has 2 atom stereocenters. The van der Waals surface area contributed by atoms with Gasteiger partial charge in [0.1, 0.15) is 6.10 Å². The maximum Gasteiger partial charge on any atom is 0.161 e. The number of rotatable bonds is 4. The van der Waals surface area contributed by atoms with Gasteiger partial charge in [-0.3, -0.25) is 0 Å². The monoisotopic (exact) mass is 261 g/mol. The van der Waals surface area contributed by atoms with Crippen LogP contribution in [0.2, 0.25) is 0 Å². The molecule has 2 unspecified atom stereocenters. The number of hydrogen-bond acceptors (Lipinski definition) is 3. The zero-order valence-electron chi connectivity index (χ0n) is 11.6. The maximum atomic E-state index is 6.25. The fourth-order valence-electron chi connectivity index (χ4n) is 3.65. The van der Waals surface area contributed by atoms with Gasteiger partial charge < -0.3 is 15.2 Å². The molecule has 2 aliphatic carbocycles. The molecule has 0 amide bonds. The minimum Gasteiger partial charge on any atom is -0.490 e. The standard InChI is InChI=1S/C16H23NO2/c1-2-18-12-7-3-4-8-13(12)19-15-11-14(17)16(15)9-5-6-10-16/h3-4,7-8,14-15H,2,5-6,9-11,17H2,1H3. The highest BCUT2D eigenvalue weighted by Gasteiger charge is 2.56. The summed E-state index contributed by atoms with van der Waals surface area (Å²) < 4.78 is 11.9. The average Bonchev–Trinajstić information content (AvgIpc) is 2.93. The molecule has 104 valence electrons. The van der Waals surface area contributed by atoms with E-state index in [4.69, 9.17) is 15.2 Å². The largest absolute Gasteiger partial charge is 0.490 e. The van der Waals surface area contributed by atoms with Crippen LogP contribution in [0, 0.1) is 5.41 Å².